The average Bonchev–Trinajstić information content (AvgIpc) is 3.31. The number of carbonyl (C=O) groups is 4. The number of unbranched alkanes of at least 4 members (excludes halogenated alkanes) is 2. The summed E-state index contributed by atoms with van der Waals surface area (Å²) in [4.78, 5) is 54.5. The lowest BCUT2D eigenvalue weighted by Crippen LogP contribution is -2.30. The Morgan fingerprint density at radius 3 is 2.45 bits per heavy atom. The van der Waals surface area contributed by atoms with Crippen LogP contribution in [0.3, 0.4) is 0 Å². The van der Waals surface area contributed by atoms with Gasteiger partial charge < -0.3 is 10.1 Å². The number of nitrogens with one attached hydrogen (secondary N) is 1. The first-order valence-electron chi connectivity index (χ1n) is 10.8. The third kappa shape index (κ3) is 4.93. The largest absolute Gasteiger partial charge is 0.462 e. The van der Waals surface area contributed by atoms with Crippen molar-refractivity contribution < 1.29 is 23.9 Å². The number of carbonyl (C=O) groups excluding carboxylic acids is 4. The van der Waals surface area contributed by atoms with Crippen LogP contribution in [0, 0.1) is 0 Å². The molecule has 8 nitrogen and oxygen atoms in total. The number of imide groups is 1. The van der Waals surface area contributed by atoms with Gasteiger partial charge in [0.1, 0.15) is 0 Å². The van der Waals surface area contributed by atoms with Crippen LogP contribution in [0.4, 0.5) is 5.13 Å². The SMILES string of the molecule is CCOC(=O)c1ccc2nc(NC(=O)CCCCCN3C(=O)c4ccccc4C3=O)sc2c1. The predicted octanol–water partition coefficient (Wildman–Crippen LogP) is 4.27. The summed E-state index contributed by atoms with van der Waals surface area (Å²) in [6, 6.07) is 11.9. The molecule has 1 N–H and O–H groups in total. The summed E-state index contributed by atoms with van der Waals surface area (Å²) < 4.78 is 5.80. The molecule has 2 aromatic carbocycles. The van der Waals surface area contributed by atoms with Crippen LogP contribution in [0.2, 0.25) is 0 Å². The van der Waals surface area contributed by atoms with E-state index >= 15 is 0 Å². The zero-order valence-electron chi connectivity index (χ0n) is 18.1. The van der Waals surface area contributed by atoms with Crippen molar-refractivity contribution in [2.75, 3.05) is 18.5 Å². The van der Waals surface area contributed by atoms with Crippen LogP contribution in [-0.4, -0.2) is 46.7 Å². The van der Waals surface area contributed by atoms with Gasteiger partial charge in [-0.3, -0.25) is 19.3 Å². The van der Waals surface area contributed by atoms with Gasteiger partial charge in [-0.05, 0) is 50.1 Å². The molecule has 33 heavy (non-hydrogen) atoms. The average molecular weight is 466 g/mol. The van der Waals surface area contributed by atoms with Gasteiger partial charge in [0.25, 0.3) is 11.8 Å². The van der Waals surface area contributed by atoms with E-state index < -0.39 is 0 Å². The minimum atomic E-state index is -0.389. The maximum absolute atomic E-state index is 12.4. The molecule has 2 heterocycles. The first kappa shape index (κ1) is 22.6. The quantitative estimate of drug-likeness (QED) is 0.287. The van der Waals surface area contributed by atoms with E-state index in [0.717, 1.165) is 4.70 Å². The van der Waals surface area contributed by atoms with E-state index in [-0.39, 0.29) is 23.7 Å². The van der Waals surface area contributed by atoms with Crippen LogP contribution >= 0.6 is 11.3 Å². The molecule has 4 rings (SSSR count). The molecular weight excluding hydrogens is 442 g/mol. The molecule has 1 aliphatic rings. The van der Waals surface area contributed by atoms with E-state index in [0.29, 0.717) is 66.2 Å². The Labute approximate surface area is 194 Å². The van der Waals surface area contributed by atoms with E-state index in [2.05, 4.69) is 10.3 Å². The molecule has 170 valence electrons. The maximum atomic E-state index is 12.4. The third-order valence-corrected chi connectivity index (χ3v) is 6.24. The van der Waals surface area contributed by atoms with Crippen molar-refractivity contribution in [2.24, 2.45) is 0 Å². The summed E-state index contributed by atoms with van der Waals surface area (Å²) in [5.41, 5.74) is 2.05. The predicted molar refractivity (Wildman–Crippen MR) is 124 cm³/mol. The maximum Gasteiger partial charge on any atom is 0.338 e. The van der Waals surface area contributed by atoms with Crippen molar-refractivity contribution in [1.82, 2.24) is 9.88 Å². The highest BCUT2D eigenvalue weighted by Gasteiger charge is 2.34. The molecule has 3 aromatic rings. The number of nitrogens with zero attached hydrogens (tertiary/aromatic N) is 2. The van der Waals surface area contributed by atoms with E-state index in [1.807, 2.05) is 0 Å². The van der Waals surface area contributed by atoms with Crippen molar-refractivity contribution in [3.05, 3.63) is 59.2 Å². The van der Waals surface area contributed by atoms with E-state index in [1.54, 1.807) is 49.4 Å². The normalized spacial score (nSPS) is 12.8. The molecule has 0 saturated carbocycles. The minimum absolute atomic E-state index is 0.152. The molecule has 1 aromatic heterocycles. The molecule has 1 aliphatic heterocycles. The number of hydrogen-bond acceptors (Lipinski definition) is 7. The number of hydrogen-bond donors (Lipinski definition) is 1. The first-order chi connectivity index (χ1) is 16.0. The minimum Gasteiger partial charge on any atom is -0.462 e. The van der Waals surface area contributed by atoms with Gasteiger partial charge in [-0.2, -0.15) is 0 Å². The van der Waals surface area contributed by atoms with Crippen LogP contribution in [0.25, 0.3) is 10.2 Å². The Kier molecular flexibility index (Phi) is 6.79. The zero-order chi connectivity index (χ0) is 23.4. The van der Waals surface area contributed by atoms with Gasteiger partial charge in [0, 0.05) is 13.0 Å². The van der Waals surface area contributed by atoms with Gasteiger partial charge >= 0.3 is 5.97 Å². The number of esters is 1. The van der Waals surface area contributed by atoms with Crippen molar-refractivity contribution in [3.8, 4) is 0 Å². The van der Waals surface area contributed by atoms with Gasteiger partial charge in [0.15, 0.2) is 5.13 Å². The summed E-state index contributed by atoms with van der Waals surface area (Å²) in [6.07, 6.45) is 2.29. The molecule has 0 radical (unpaired) electrons. The van der Waals surface area contributed by atoms with E-state index in [4.69, 9.17) is 4.74 Å². The van der Waals surface area contributed by atoms with Gasteiger partial charge in [0.05, 0.1) is 33.5 Å². The van der Waals surface area contributed by atoms with Crippen molar-refractivity contribution in [1.29, 1.82) is 0 Å². The van der Waals surface area contributed by atoms with Crippen LogP contribution in [0.1, 0.15) is 63.7 Å². The highest BCUT2D eigenvalue weighted by atomic mass is 32.1. The Balaban J connectivity index is 1.22. The number of thiazole rings is 1. The van der Waals surface area contributed by atoms with Crippen LogP contribution in [-0.2, 0) is 9.53 Å². The van der Waals surface area contributed by atoms with Crippen LogP contribution < -0.4 is 5.32 Å². The second kappa shape index (κ2) is 9.91. The Bertz CT molecular complexity index is 1200. The summed E-state index contributed by atoms with van der Waals surface area (Å²) in [7, 11) is 0. The molecule has 0 bridgehead atoms. The number of anilines is 1. The summed E-state index contributed by atoms with van der Waals surface area (Å²) >= 11 is 1.30. The molecule has 9 heteroatoms. The Morgan fingerprint density at radius 1 is 1.03 bits per heavy atom. The first-order valence-corrected chi connectivity index (χ1v) is 11.6. The fourth-order valence-electron chi connectivity index (χ4n) is 3.68. The fraction of sp³-hybridized carbons (Fsp3) is 0.292. The number of ether oxygens (including phenoxy) is 1. The van der Waals surface area contributed by atoms with Gasteiger partial charge in [-0.25, -0.2) is 9.78 Å². The monoisotopic (exact) mass is 465 g/mol. The number of aromatic nitrogens is 1. The number of amides is 3. The lowest BCUT2D eigenvalue weighted by atomic mass is 10.1. The molecule has 0 unspecified atom stereocenters. The number of fused-ring (bicyclic) bond motifs is 2. The molecule has 3 amide bonds. The number of benzene rings is 2. The Morgan fingerprint density at radius 2 is 1.76 bits per heavy atom. The summed E-state index contributed by atoms with van der Waals surface area (Å²) in [6.45, 7) is 2.40. The van der Waals surface area contributed by atoms with E-state index in [1.165, 1.54) is 16.2 Å². The van der Waals surface area contributed by atoms with Crippen molar-refractivity contribution >= 4 is 50.4 Å². The second-order valence-corrected chi connectivity index (χ2v) is 8.62. The molecular formula is C24H23N3O5S. The summed E-state index contributed by atoms with van der Waals surface area (Å²) in [5, 5.41) is 3.27. The standard InChI is InChI=1S/C24H23N3O5S/c1-2-32-23(31)15-11-12-18-19(14-15)33-24(25-18)26-20(28)10-4-3-7-13-27-21(29)16-8-5-6-9-17(16)22(27)30/h5-6,8-9,11-12,14H,2-4,7,10,13H2,1H3,(H,25,26,28). The third-order valence-electron chi connectivity index (χ3n) is 5.31. The summed E-state index contributed by atoms with van der Waals surface area (Å²) in [5.74, 6) is -1.05. The topological polar surface area (TPSA) is 106 Å². The molecule has 0 saturated heterocycles. The lowest BCUT2D eigenvalue weighted by Gasteiger charge is -2.13. The molecule has 0 aliphatic carbocycles. The van der Waals surface area contributed by atoms with Crippen molar-refractivity contribution in [2.45, 2.75) is 32.6 Å². The molecule has 0 fully saturated rings. The number of rotatable bonds is 9. The van der Waals surface area contributed by atoms with Gasteiger partial charge in [-0.1, -0.05) is 29.9 Å². The van der Waals surface area contributed by atoms with Crippen molar-refractivity contribution in [3.63, 3.8) is 0 Å². The van der Waals surface area contributed by atoms with Crippen LogP contribution in [0.5, 0.6) is 0 Å². The molecule has 0 spiro atoms. The highest BCUT2D eigenvalue weighted by Crippen LogP contribution is 2.27. The highest BCUT2D eigenvalue weighted by molar-refractivity contribution is 7.22. The smallest absolute Gasteiger partial charge is 0.338 e. The van der Waals surface area contributed by atoms with Gasteiger partial charge in [-0.15, -0.1) is 0 Å². The zero-order valence-corrected chi connectivity index (χ0v) is 18.9. The van der Waals surface area contributed by atoms with Crippen LogP contribution in [0.15, 0.2) is 42.5 Å². The molecule has 0 atom stereocenters. The lowest BCUT2D eigenvalue weighted by molar-refractivity contribution is -0.116. The van der Waals surface area contributed by atoms with E-state index in [9.17, 15) is 19.2 Å². The fourth-order valence-corrected chi connectivity index (χ4v) is 4.60. The second-order valence-electron chi connectivity index (χ2n) is 7.59. The van der Waals surface area contributed by atoms with Gasteiger partial charge in [0.2, 0.25) is 5.91 Å². The Hall–Kier alpha value is -3.59.